The molecule has 0 saturated carbocycles. The molecular formula is C12H15ClN6O2. The molecule has 0 bridgehead atoms. The number of carbonyl (C=O) groups excluding carboxylic acids is 1. The van der Waals surface area contributed by atoms with E-state index in [0.29, 0.717) is 17.3 Å². The van der Waals surface area contributed by atoms with E-state index in [4.69, 9.17) is 5.84 Å². The molecule has 0 unspecified atom stereocenters. The number of anilines is 1. The molecule has 1 heterocycles. The number of carbonyl (C=O) groups is 1. The molecule has 1 aromatic carbocycles. The van der Waals surface area contributed by atoms with Crippen molar-refractivity contribution in [3.63, 3.8) is 0 Å². The maximum absolute atomic E-state index is 11.3. The number of esters is 1. The van der Waals surface area contributed by atoms with Crippen molar-refractivity contribution >= 4 is 30.5 Å². The second kappa shape index (κ2) is 7.25. The van der Waals surface area contributed by atoms with E-state index in [1.807, 2.05) is 0 Å². The summed E-state index contributed by atoms with van der Waals surface area (Å²) in [4.78, 5) is 11.3. The quantitative estimate of drug-likeness (QED) is 0.377. The fraction of sp³-hybridized carbons (Fsp3) is 0.167. The van der Waals surface area contributed by atoms with Crippen LogP contribution in [-0.2, 0) is 4.74 Å². The van der Waals surface area contributed by atoms with Gasteiger partial charge in [-0.3, -0.25) is 0 Å². The van der Waals surface area contributed by atoms with Gasteiger partial charge in [-0.15, -0.1) is 22.6 Å². The second-order valence-electron chi connectivity index (χ2n) is 3.92. The molecule has 3 N–H and O–H groups in total. The van der Waals surface area contributed by atoms with Gasteiger partial charge < -0.3 is 10.6 Å². The summed E-state index contributed by atoms with van der Waals surface area (Å²) in [6, 6.07) is 6.80. The Morgan fingerprint density at radius 1 is 1.38 bits per heavy atom. The van der Waals surface area contributed by atoms with Gasteiger partial charge in [0.2, 0.25) is 0 Å². The number of aryl methyl sites for hydroxylation is 1. The number of halogens is 1. The molecule has 0 spiro atoms. The monoisotopic (exact) mass is 310 g/mol. The van der Waals surface area contributed by atoms with Crippen LogP contribution in [0, 0.1) is 6.92 Å². The highest BCUT2D eigenvalue weighted by atomic mass is 35.5. The van der Waals surface area contributed by atoms with E-state index in [-0.39, 0.29) is 18.4 Å². The Bertz CT molecular complexity index is 638. The van der Waals surface area contributed by atoms with E-state index in [1.54, 1.807) is 37.4 Å². The lowest BCUT2D eigenvalue weighted by atomic mass is 10.1. The fourth-order valence-electron chi connectivity index (χ4n) is 1.43. The number of nitrogens with zero attached hydrogens (tertiary/aromatic N) is 4. The van der Waals surface area contributed by atoms with Crippen molar-refractivity contribution in [2.75, 3.05) is 18.4 Å². The first-order valence-electron chi connectivity index (χ1n) is 5.76. The van der Waals surface area contributed by atoms with Crippen LogP contribution >= 0.6 is 12.4 Å². The van der Waals surface area contributed by atoms with Crippen LogP contribution in [0.4, 0.5) is 5.95 Å². The van der Waals surface area contributed by atoms with Gasteiger partial charge >= 0.3 is 5.97 Å². The van der Waals surface area contributed by atoms with Crippen LogP contribution in [0.3, 0.4) is 0 Å². The zero-order valence-corrected chi connectivity index (χ0v) is 12.3. The van der Waals surface area contributed by atoms with Gasteiger partial charge in [0, 0.05) is 0 Å². The molecule has 9 heteroatoms. The summed E-state index contributed by atoms with van der Waals surface area (Å²) in [5.41, 5.74) is 3.96. The first kappa shape index (κ1) is 16.4. The Kier molecular flexibility index (Phi) is 5.67. The summed E-state index contributed by atoms with van der Waals surface area (Å²) in [5.74, 6) is 6.19. The minimum atomic E-state index is -0.377. The number of nitrogen functional groups attached to an aromatic ring is 1. The van der Waals surface area contributed by atoms with E-state index >= 15 is 0 Å². The molecule has 0 atom stereocenters. The summed E-state index contributed by atoms with van der Waals surface area (Å²) < 4.78 is 5.90. The third-order valence-electron chi connectivity index (χ3n) is 2.58. The largest absolute Gasteiger partial charge is 0.465 e. The lowest BCUT2D eigenvalue weighted by molar-refractivity contribution is 0.0600. The normalized spacial score (nSPS) is 10.2. The summed E-state index contributed by atoms with van der Waals surface area (Å²) in [6.45, 7) is 1.73. The zero-order valence-electron chi connectivity index (χ0n) is 11.5. The number of nitrogens with one attached hydrogen (secondary N) is 1. The smallest absolute Gasteiger partial charge is 0.337 e. The molecule has 1 aromatic heterocycles. The number of nitrogens with two attached hydrogens (primary N) is 1. The van der Waals surface area contributed by atoms with Crippen LogP contribution in [0.2, 0.25) is 0 Å². The first-order valence-corrected chi connectivity index (χ1v) is 5.76. The fourth-order valence-corrected chi connectivity index (χ4v) is 1.43. The second-order valence-corrected chi connectivity index (χ2v) is 3.92. The van der Waals surface area contributed by atoms with Crippen molar-refractivity contribution < 1.29 is 9.53 Å². The number of methoxy groups -OCH3 is 1. The van der Waals surface area contributed by atoms with Gasteiger partial charge in [0.05, 0.1) is 18.9 Å². The molecule has 0 aliphatic rings. The lowest BCUT2D eigenvalue weighted by Crippen LogP contribution is -2.13. The number of benzene rings is 1. The van der Waals surface area contributed by atoms with Gasteiger partial charge in [-0.25, -0.2) is 14.9 Å². The molecule has 2 rings (SSSR count). The third-order valence-corrected chi connectivity index (χ3v) is 2.58. The molecule has 0 aliphatic carbocycles. The average Bonchev–Trinajstić information content (AvgIpc) is 2.79. The predicted octanol–water partition coefficient (Wildman–Crippen LogP) is 0.955. The van der Waals surface area contributed by atoms with Crippen LogP contribution < -0.4 is 11.3 Å². The van der Waals surface area contributed by atoms with Crippen molar-refractivity contribution in [3.05, 3.63) is 41.2 Å². The van der Waals surface area contributed by atoms with Gasteiger partial charge in [-0.05, 0) is 24.6 Å². The summed E-state index contributed by atoms with van der Waals surface area (Å²) in [7, 11) is 1.34. The molecule has 8 nitrogen and oxygen atoms in total. The maximum atomic E-state index is 11.3. The highest BCUT2D eigenvalue weighted by Crippen LogP contribution is 2.05. The van der Waals surface area contributed by atoms with Crippen LogP contribution in [-0.4, -0.2) is 34.2 Å². The highest BCUT2D eigenvalue weighted by Gasteiger charge is 2.04. The number of ether oxygens (including phenoxy) is 1. The van der Waals surface area contributed by atoms with E-state index in [1.165, 1.54) is 11.8 Å². The van der Waals surface area contributed by atoms with Gasteiger partial charge in [0.25, 0.3) is 5.95 Å². The minimum absolute atomic E-state index is 0. The molecule has 2 aromatic rings. The molecule has 0 saturated heterocycles. The standard InChI is InChI=1S/C12H14N6O2.ClH/c1-8-15-17-12(18(8)13)16-14-7-9-3-5-10(6-4-9)11(19)20-2;/h3-7H,13H2,1-2H3,(H,16,17);1H/b14-7+;. The molecule has 0 amide bonds. The number of hydrogen-bond donors (Lipinski definition) is 2. The van der Waals surface area contributed by atoms with Crippen LogP contribution in [0.1, 0.15) is 21.7 Å². The van der Waals surface area contributed by atoms with Crippen molar-refractivity contribution in [2.45, 2.75) is 6.92 Å². The van der Waals surface area contributed by atoms with Crippen LogP contribution in [0.5, 0.6) is 0 Å². The number of hydrogen-bond acceptors (Lipinski definition) is 7. The van der Waals surface area contributed by atoms with Crippen molar-refractivity contribution in [2.24, 2.45) is 5.10 Å². The Balaban J connectivity index is 0.00000220. The zero-order chi connectivity index (χ0) is 14.5. The highest BCUT2D eigenvalue weighted by molar-refractivity contribution is 5.90. The molecule has 0 fully saturated rings. The Morgan fingerprint density at radius 2 is 2.05 bits per heavy atom. The Morgan fingerprint density at radius 3 is 2.57 bits per heavy atom. The van der Waals surface area contributed by atoms with Crippen molar-refractivity contribution in [1.29, 1.82) is 0 Å². The third kappa shape index (κ3) is 3.93. The summed E-state index contributed by atoms with van der Waals surface area (Å²) in [5, 5.41) is 11.6. The average molecular weight is 311 g/mol. The van der Waals surface area contributed by atoms with Crippen molar-refractivity contribution in [1.82, 2.24) is 14.9 Å². The predicted molar refractivity (Wildman–Crippen MR) is 81.2 cm³/mol. The van der Waals surface area contributed by atoms with Crippen LogP contribution in [0.15, 0.2) is 29.4 Å². The topological polar surface area (TPSA) is 107 Å². The molecule has 0 aliphatic heterocycles. The van der Waals surface area contributed by atoms with Gasteiger partial charge in [0.1, 0.15) is 0 Å². The first-order chi connectivity index (χ1) is 9.61. The summed E-state index contributed by atoms with van der Waals surface area (Å²) >= 11 is 0. The molecule has 112 valence electrons. The van der Waals surface area contributed by atoms with E-state index in [0.717, 1.165) is 5.56 Å². The number of rotatable bonds is 4. The van der Waals surface area contributed by atoms with Gasteiger partial charge in [-0.1, -0.05) is 12.1 Å². The SMILES string of the molecule is COC(=O)c1ccc(/C=N/Nc2nnc(C)n2N)cc1.Cl. The van der Waals surface area contributed by atoms with E-state index in [9.17, 15) is 4.79 Å². The Labute approximate surface area is 127 Å². The van der Waals surface area contributed by atoms with Gasteiger partial charge in [-0.2, -0.15) is 5.10 Å². The van der Waals surface area contributed by atoms with Crippen molar-refractivity contribution in [3.8, 4) is 0 Å². The molecule has 21 heavy (non-hydrogen) atoms. The lowest BCUT2D eigenvalue weighted by Gasteiger charge is -2.00. The van der Waals surface area contributed by atoms with E-state index in [2.05, 4.69) is 25.5 Å². The minimum Gasteiger partial charge on any atom is -0.465 e. The molecule has 0 radical (unpaired) electrons. The maximum Gasteiger partial charge on any atom is 0.337 e. The number of hydrazone groups is 1. The summed E-state index contributed by atoms with van der Waals surface area (Å²) in [6.07, 6.45) is 1.57. The Hall–Kier alpha value is -2.61. The van der Waals surface area contributed by atoms with E-state index < -0.39 is 0 Å². The van der Waals surface area contributed by atoms with Crippen LogP contribution in [0.25, 0.3) is 0 Å². The molecular weight excluding hydrogens is 296 g/mol. The number of aromatic nitrogens is 3. The van der Waals surface area contributed by atoms with Gasteiger partial charge in [0.15, 0.2) is 5.82 Å².